The van der Waals surface area contributed by atoms with Gasteiger partial charge in [-0.3, -0.25) is 9.00 Å². The topological polar surface area (TPSA) is 55.4 Å². The molecule has 1 aliphatic rings. The lowest BCUT2D eigenvalue weighted by atomic mass is 9.98. The smallest absolute Gasteiger partial charge is 0.250 e. The van der Waals surface area contributed by atoms with Gasteiger partial charge in [-0.25, -0.2) is 4.39 Å². The quantitative estimate of drug-likeness (QED) is 0.909. The van der Waals surface area contributed by atoms with E-state index >= 15 is 0 Å². The number of amides is 1. The first-order valence-electron chi connectivity index (χ1n) is 7.10. The van der Waals surface area contributed by atoms with Crippen molar-refractivity contribution < 1.29 is 18.1 Å². The van der Waals surface area contributed by atoms with Gasteiger partial charge in [-0.1, -0.05) is 19.3 Å². The third-order valence-electron chi connectivity index (χ3n) is 3.53. The Morgan fingerprint density at radius 1 is 1.38 bits per heavy atom. The van der Waals surface area contributed by atoms with Gasteiger partial charge in [0.2, 0.25) is 5.91 Å². The number of anilines is 1. The van der Waals surface area contributed by atoms with Crippen LogP contribution in [0.15, 0.2) is 23.1 Å². The van der Waals surface area contributed by atoms with Gasteiger partial charge in [0.1, 0.15) is 12.4 Å². The Labute approximate surface area is 126 Å². The second-order valence-electron chi connectivity index (χ2n) is 5.22. The molecular formula is C15H20FNO3S. The first kappa shape index (κ1) is 16.1. The van der Waals surface area contributed by atoms with E-state index in [0.29, 0.717) is 5.69 Å². The second-order valence-corrected chi connectivity index (χ2v) is 6.57. The zero-order valence-electron chi connectivity index (χ0n) is 12.1. The largest absolute Gasteiger partial charge is 0.368 e. The molecular weight excluding hydrogens is 293 g/mol. The van der Waals surface area contributed by atoms with Crippen molar-refractivity contribution in [2.45, 2.75) is 43.1 Å². The lowest BCUT2D eigenvalue weighted by Gasteiger charge is -2.21. The molecule has 0 aromatic heterocycles. The highest BCUT2D eigenvalue weighted by Gasteiger charge is 2.15. The van der Waals surface area contributed by atoms with Gasteiger partial charge in [-0.15, -0.1) is 0 Å². The third-order valence-corrected chi connectivity index (χ3v) is 4.48. The summed E-state index contributed by atoms with van der Waals surface area (Å²) in [6.45, 7) is -0.0201. The Kier molecular flexibility index (Phi) is 5.87. The van der Waals surface area contributed by atoms with Gasteiger partial charge in [-0.2, -0.15) is 0 Å². The number of hydrogen-bond donors (Lipinski definition) is 1. The first-order chi connectivity index (χ1) is 10.1. The SMILES string of the molecule is C[S@](=O)c1ccc(NC(=O)COC2CCCCC2)cc1F. The van der Waals surface area contributed by atoms with E-state index in [0.717, 1.165) is 25.7 Å². The van der Waals surface area contributed by atoms with E-state index in [4.69, 9.17) is 4.74 Å². The van der Waals surface area contributed by atoms with Crippen LogP contribution < -0.4 is 5.32 Å². The number of carbonyl (C=O) groups excluding carboxylic acids is 1. The van der Waals surface area contributed by atoms with Crippen molar-refractivity contribution in [2.24, 2.45) is 0 Å². The summed E-state index contributed by atoms with van der Waals surface area (Å²) in [6, 6.07) is 4.14. The number of halogens is 1. The normalized spacial score (nSPS) is 17.4. The maximum absolute atomic E-state index is 13.7. The van der Waals surface area contributed by atoms with Crippen LogP contribution in [0.3, 0.4) is 0 Å². The Balaban J connectivity index is 1.84. The minimum Gasteiger partial charge on any atom is -0.368 e. The zero-order valence-corrected chi connectivity index (χ0v) is 12.9. The van der Waals surface area contributed by atoms with Gasteiger partial charge in [0.15, 0.2) is 0 Å². The van der Waals surface area contributed by atoms with Crippen LogP contribution in [0.4, 0.5) is 10.1 Å². The molecule has 1 aromatic carbocycles. The van der Waals surface area contributed by atoms with Crippen LogP contribution in [0.1, 0.15) is 32.1 Å². The maximum atomic E-state index is 13.7. The monoisotopic (exact) mass is 313 g/mol. The van der Waals surface area contributed by atoms with E-state index in [9.17, 15) is 13.4 Å². The van der Waals surface area contributed by atoms with Crippen LogP contribution in [0.2, 0.25) is 0 Å². The number of carbonyl (C=O) groups is 1. The standard InChI is InChI=1S/C15H20FNO3S/c1-21(19)14-8-7-11(9-13(14)16)17-15(18)10-20-12-5-3-2-4-6-12/h7-9,12H,2-6,10H2,1H3,(H,17,18)/t21-/m0/s1. The number of ether oxygens (including phenoxy) is 1. The molecule has 0 spiro atoms. The van der Waals surface area contributed by atoms with E-state index in [1.54, 1.807) is 6.07 Å². The second kappa shape index (κ2) is 7.66. The molecule has 0 saturated heterocycles. The van der Waals surface area contributed by atoms with Crippen molar-refractivity contribution in [1.29, 1.82) is 0 Å². The van der Waals surface area contributed by atoms with Gasteiger partial charge in [0.05, 0.1) is 21.8 Å². The summed E-state index contributed by atoms with van der Waals surface area (Å²) in [5.74, 6) is -0.882. The molecule has 0 radical (unpaired) electrons. The highest BCUT2D eigenvalue weighted by atomic mass is 32.2. The van der Waals surface area contributed by atoms with Gasteiger partial charge < -0.3 is 10.1 Å². The Hall–Kier alpha value is -1.27. The van der Waals surface area contributed by atoms with Gasteiger partial charge >= 0.3 is 0 Å². The maximum Gasteiger partial charge on any atom is 0.250 e. The summed E-state index contributed by atoms with van der Waals surface area (Å²) in [5.41, 5.74) is 0.346. The van der Waals surface area contributed by atoms with Crippen molar-refractivity contribution in [3.05, 3.63) is 24.0 Å². The van der Waals surface area contributed by atoms with Crippen molar-refractivity contribution in [3.63, 3.8) is 0 Å². The number of hydrogen-bond acceptors (Lipinski definition) is 3. The van der Waals surface area contributed by atoms with Crippen molar-refractivity contribution >= 4 is 22.4 Å². The Morgan fingerprint density at radius 3 is 2.71 bits per heavy atom. The molecule has 0 unspecified atom stereocenters. The minimum atomic E-state index is -1.38. The van der Waals surface area contributed by atoms with Crippen LogP contribution in [0.5, 0.6) is 0 Å². The van der Waals surface area contributed by atoms with E-state index in [1.807, 2.05) is 0 Å². The molecule has 4 nitrogen and oxygen atoms in total. The molecule has 0 heterocycles. The van der Waals surface area contributed by atoms with E-state index in [2.05, 4.69) is 5.32 Å². The molecule has 1 N–H and O–H groups in total. The molecule has 116 valence electrons. The summed E-state index contributed by atoms with van der Waals surface area (Å²) in [6.07, 6.45) is 7.09. The number of nitrogens with one attached hydrogen (secondary N) is 1. The first-order valence-corrected chi connectivity index (χ1v) is 8.66. The highest BCUT2D eigenvalue weighted by molar-refractivity contribution is 7.84. The lowest BCUT2D eigenvalue weighted by Crippen LogP contribution is -2.24. The minimum absolute atomic E-state index is 0.0201. The molecule has 1 fully saturated rings. The van der Waals surface area contributed by atoms with Crippen LogP contribution >= 0.6 is 0 Å². The van der Waals surface area contributed by atoms with E-state index in [-0.39, 0.29) is 23.5 Å². The molecule has 0 aliphatic heterocycles. The summed E-state index contributed by atoms with van der Waals surface area (Å²) in [4.78, 5) is 11.9. The van der Waals surface area contributed by atoms with Crippen LogP contribution in [-0.2, 0) is 20.3 Å². The van der Waals surface area contributed by atoms with Crippen LogP contribution in [0, 0.1) is 5.82 Å². The van der Waals surface area contributed by atoms with E-state index in [1.165, 1.54) is 24.8 Å². The predicted molar refractivity (Wildman–Crippen MR) is 80.2 cm³/mol. The van der Waals surface area contributed by atoms with Gasteiger partial charge in [0, 0.05) is 11.9 Å². The van der Waals surface area contributed by atoms with E-state index < -0.39 is 16.6 Å². The van der Waals surface area contributed by atoms with Gasteiger partial charge in [0.25, 0.3) is 0 Å². The van der Waals surface area contributed by atoms with Gasteiger partial charge in [-0.05, 0) is 31.0 Å². The lowest BCUT2D eigenvalue weighted by molar-refractivity contribution is -0.123. The molecule has 1 aliphatic carbocycles. The van der Waals surface area contributed by atoms with Crippen molar-refractivity contribution in [1.82, 2.24) is 0 Å². The molecule has 1 saturated carbocycles. The Bertz CT molecular complexity index is 530. The number of benzene rings is 1. The van der Waals surface area contributed by atoms with Crippen LogP contribution in [-0.4, -0.2) is 29.1 Å². The molecule has 6 heteroatoms. The summed E-state index contributed by atoms with van der Waals surface area (Å²) >= 11 is 0. The molecule has 2 rings (SSSR count). The fraction of sp³-hybridized carbons (Fsp3) is 0.533. The van der Waals surface area contributed by atoms with Crippen LogP contribution in [0.25, 0.3) is 0 Å². The molecule has 1 aromatic rings. The highest BCUT2D eigenvalue weighted by Crippen LogP contribution is 2.20. The molecule has 0 bridgehead atoms. The molecule has 1 amide bonds. The molecule has 1 atom stereocenters. The predicted octanol–water partition coefficient (Wildman–Crippen LogP) is 2.85. The molecule has 21 heavy (non-hydrogen) atoms. The zero-order chi connectivity index (χ0) is 15.2. The van der Waals surface area contributed by atoms with Crippen molar-refractivity contribution in [2.75, 3.05) is 18.2 Å². The average molecular weight is 313 g/mol. The third kappa shape index (κ3) is 4.89. The summed E-state index contributed by atoms with van der Waals surface area (Å²) in [5, 5.41) is 2.59. The summed E-state index contributed by atoms with van der Waals surface area (Å²) in [7, 11) is -1.38. The average Bonchev–Trinajstić information content (AvgIpc) is 2.46. The fourth-order valence-electron chi connectivity index (χ4n) is 2.43. The number of rotatable bonds is 5. The fourth-order valence-corrected chi connectivity index (χ4v) is 3.03. The summed E-state index contributed by atoms with van der Waals surface area (Å²) < 4.78 is 30.4. The van der Waals surface area contributed by atoms with Crippen molar-refractivity contribution in [3.8, 4) is 0 Å². The Morgan fingerprint density at radius 2 is 2.10 bits per heavy atom.